The number of ether oxygens (including phenoxy) is 1. The van der Waals surface area contributed by atoms with Crippen molar-refractivity contribution in [3.05, 3.63) is 29.8 Å². The van der Waals surface area contributed by atoms with Gasteiger partial charge in [-0.25, -0.2) is 4.79 Å². The number of nitrogens with one attached hydrogen (secondary N) is 1. The number of carbonyl (C=O) groups is 3. The average molecular weight is 380 g/mol. The summed E-state index contributed by atoms with van der Waals surface area (Å²) >= 11 is 1.28. The molecule has 0 bridgehead atoms. The van der Waals surface area contributed by atoms with Crippen molar-refractivity contribution in [2.75, 3.05) is 7.11 Å². The van der Waals surface area contributed by atoms with Crippen molar-refractivity contribution >= 4 is 29.5 Å². The third-order valence-electron chi connectivity index (χ3n) is 4.66. The van der Waals surface area contributed by atoms with Crippen LogP contribution in [-0.2, 0) is 25.5 Å². The third kappa shape index (κ3) is 2.71. The molecule has 3 atom stereocenters. The summed E-state index contributed by atoms with van der Waals surface area (Å²) in [5.41, 5.74) is -1.000. The molecule has 2 heterocycles. The van der Waals surface area contributed by atoms with E-state index in [4.69, 9.17) is 4.74 Å². The number of hydrogen-bond acceptors (Lipinski definition) is 6. The van der Waals surface area contributed by atoms with Crippen molar-refractivity contribution in [3.63, 3.8) is 0 Å². The fourth-order valence-electron chi connectivity index (χ4n) is 3.49. The Morgan fingerprint density at radius 2 is 2.08 bits per heavy atom. The molecule has 0 aromatic heterocycles. The zero-order valence-corrected chi connectivity index (χ0v) is 15.4. The van der Waals surface area contributed by atoms with Gasteiger partial charge >= 0.3 is 5.97 Å². The van der Waals surface area contributed by atoms with Crippen LogP contribution in [0.5, 0.6) is 5.75 Å². The van der Waals surface area contributed by atoms with Gasteiger partial charge in [-0.2, -0.15) is 0 Å². The van der Waals surface area contributed by atoms with Gasteiger partial charge < -0.3 is 25.2 Å². The van der Waals surface area contributed by atoms with E-state index in [0.29, 0.717) is 5.56 Å². The Morgan fingerprint density at radius 1 is 1.38 bits per heavy atom. The van der Waals surface area contributed by atoms with Crippen LogP contribution in [0.1, 0.15) is 19.4 Å². The van der Waals surface area contributed by atoms with Crippen LogP contribution in [0.3, 0.4) is 0 Å². The summed E-state index contributed by atoms with van der Waals surface area (Å²) in [6.45, 7) is 3.49. The first kappa shape index (κ1) is 18.5. The molecular weight excluding hydrogens is 360 g/mol. The number of benzene rings is 1. The molecule has 0 saturated carbocycles. The first-order valence-corrected chi connectivity index (χ1v) is 8.88. The Labute approximate surface area is 154 Å². The lowest BCUT2D eigenvalue weighted by Crippen LogP contribution is -2.80. The summed E-state index contributed by atoms with van der Waals surface area (Å²) in [4.78, 5) is 38.0. The molecule has 1 aromatic rings. The highest BCUT2D eigenvalue weighted by atomic mass is 32.2. The van der Waals surface area contributed by atoms with Crippen molar-refractivity contribution in [3.8, 4) is 5.75 Å². The molecule has 26 heavy (non-hydrogen) atoms. The zero-order valence-electron chi connectivity index (χ0n) is 14.6. The molecule has 1 unspecified atom stereocenters. The van der Waals surface area contributed by atoms with E-state index >= 15 is 0 Å². The largest absolute Gasteiger partial charge is 0.508 e. The van der Waals surface area contributed by atoms with Gasteiger partial charge in [0, 0.05) is 11.9 Å². The minimum atomic E-state index is -1.58. The minimum absolute atomic E-state index is 0.0417. The second-order valence-corrected chi connectivity index (χ2v) is 8.60. The summed E-state index contributed by atoms with van der Waals surface area (Å²) in [7, 11) is 1.31. The molecular formula is C17H20N2O6S. The Kier molecular flexibility index (Phi) is 4.40. The highest BCUT2D eigenvalue weighted by Gasteiger charge is 2.73. The Bertz CT molecular complexity index is 782. The van der Waals surface area contributed by atoms with E-state index in [1.807, 2.05) is 0 Å². The number of aromatic hydroxyl groups is 1. The van der Waals surface area contributed by atoms with E-state index in [-0.39, 0.29) is 12.2 Å². The van der Waals surface area contributed by atoms with Crippen molar-refractivity contribution in [2.45, 2.75) is 42.2 Å². The van der Waals surface area contributed by atoms with Crippen LogP contribution in [0.2, 0.25) is 0 Å². The highest BCUT2D eigenvalue weighted by Crippen LogP contribution is 2.55. The quantitative estimate of drug-likeness (QED) is 0.504. The number of carboxylic acids is 1. The van der Waals surface area contributed by atoms with Crippen molar-refractivity contribution < 1.29 is 29.3 Å². The molecule has 2 amide bonds. The van der Waals surface area contributed by atoms with E-state index < -0.39 is 39.7 Å². The predicted molar refractivity (Wildman–Crippen MR) is 93.4 cm³/mol. The van der Waals surface area contributed by atoms with Gasteiger partial charge in [0.15, 0.2) is 0 Å². The molecule has 2 fully saturated rings. The summed E-state index contributed by atoms with van der Waals surface area (Å²) in [6, 6.07) is 5.27. The number of aliphatic carboxylic acids is 1. The van der Waals surface area contributed by atoms with Crippen LogP contribution in [-0.4, -0.2) is 61.9 Å². The lowest BCUT2D eigenvalue weighted by Gasteiger charge is -2.51. The number of hydrogen-bond donors (Lipinski definition) is 3. The molecule has 2 aliphatic rings. The number of thioether (sulfide) groups is 1. The number of β-lactam (4-membered cyclic amide) rings is 1. The number of carboxylic acid groups (broad SMARTS) is 1. The molecule has 2 saturated heterocycles. The molecule has 0 spiro atoms. The number of nitrogens with zero attached hydrogens (tertiary/aromatic N) is 1. The van der Waals surface area contributed by atoms with E-state index in [1.54, 1.807) is 26.0 Å². The van der Waals surface area contributed by atoms with Gasteiger partial charge in [-0.1, -0.05) is 12.1 Å². The van der Waals surface area contributed by atoms with E-state index in [9.17, 15) is 24.6 Å². The molecule has 2 aliphatic heterocycles. The smallest absolute Gasteiger partial charge is 0.327 e. The monoisotopic (exact) mass is 380 g/mol. The lowest BCUT2D eigenvalue weighted by molar-refractivity contribution is -0.201. The van der Waals surface area contributed by atoms with Crippen LogP contribution in [0.15, 0.2) is 24.3 Å². The molecule has 1 aromatic carbocycles. The van der Waals surface area contributed by atoms with Crippen molar-refractivity contribution in [2.24, 2.45) is 0 Å². The summed E-state index contributed by atoms with van der Waals surface area (Å²) in [5, 5.41) is 21.0. The highest BCUT2D eigenvalue weighted by molar-refractivity contribution is 8.01. The molecule has 0 radical (unpaired) electrons. The minimum Gasteiger partial charge on any atom is -0.508 e. The predicted octanol–water partition coefficient (Wildman–Crippen LogP) is 0.540. The number of phenols is 1. The molecule has 0 aliphatic carbocycles. The second kappa shape index (κ2) is 6.17. The van der Waals surface area contributed by atoms with Gasteiger partial charge in [-0.15, -0.1) is 11.8 Å². The Hall–Kier alpha value is -2.26. The second-order valence-electron chi connectivity index (χ2n) is 6.86. The summed E-state index contributed by atoms with van der Waals surface area (Å²) < 4.78 is 4.65. The van der Waals surface area contributed by atoms with Crippen LogP contribution in [0.4, 0.5) is 0 Å². The van der Waals surface area contributed by atoms with E-state index in [0.717, 1.165) is 0 Å². The van der Waals surface area contributed by atoms with Crippen LogP contribution in [0, 0.1) is 0 Å². The molecule has 3 N–H and O–H groups in total. The van der Waals surface area contributed by atoms with Crippen LogP contribution in [0.25, 0.3) is 0 Å². The molecule has 140 valence electrons. The fraction of sp³-hybridized carbons (Fsp3) is 0.471. The van der Waals surface area contributed by atoms with Gasteiger partial charge in [0.25, 0.3) is 11.6 Å². The van der Waals surface area contributed by atoms with Crippen molar-refractivity contribution in [1.29, 1.82) is 0 Å². The molecule has 8 nitrogen and oxygen atoms in total. The van der Waals surface area contributed by atoms with Gasteiger partial charge in [0.2, 0.25) is 5.91 Å². The number of rotatable bonds is 5. The number of carbonyl (C=O) groups excluding carboxylic acids is 2. The third-order valence-corrected chi connectivity index (χ3v) is 6.27. The maximum Gasteiger partial charge on any atom is 0.327 e. The van der Waals surface area contributed by atoms with E-state index in [1.165, 1.54) is 35.9 Å². The average Bonchev–Trinajstić information content (AvgIpc) is 2.81. The number of phenolic OH excluding ortho intramolecular Hbond substituents is 1. The maximum absolute atomic E-state index is 12.7. The molecule has 3 rings (SSSR count). The Morgan fingerprint density at radius 3 is 2.65 bits per heavy atom. The van der Waals surface area contributed by atoms with Gasteiger partial charge in [0.05, 0.1) is 6.42 Å². The first-order chi connectivity index (χ1) is 12.1. The lowest BCUT2D eigenvalue weighted by atomic mass is 9.93. The van der Waals surface area contributed by atoms with Crippen molar-refractivity contribution in [1.82, 2.24) is 10.2 Å². The van der Waals surface area contributed by atoms with Gasteiger partial charge in [-0.05, 0) is 31.5 Å². The summed E-state index contributed by atoms with van der Waals surface area (Å²) in [5.74, 6) is -2.07. The SMILES string of the molecule is COC1(NC(=O)Cc2cccc(O)c2)C(=O)N2[C@@H](C(=O)O)C(C)(C)S[C@@H]21. The maximum atomic E-state index is 12.7. The van der Waals surface area contributed by atoms with Crippen LogP contribution < -0.4 is 5.32 Å². The normalized spacial score (nSPS) is 29.0. The van der Waals surface area contributed by atoms with Gasteiger partial charge in [-0.3, -0.25) is 9.59 Å². The standard InChI is InChI=1S/C17H20N2O6S/c1-16(2)12(13(22)23)19-14(24)17(25-3,15(19)26-16)18-11(21)8-9-5-4-6-10(20)7-9/h4-7,12,15,20H,8H2,1-3H3,(H,18,21)(H,22,23)/t12-,15+,17?/m0/s1. The van der Waals surface area contributed by atoms with E-state index in [2.05, 4.69) is 5.32 Å². The van der Waals surface area contributed by atoms with Crippen LogP contribution >= 0.6 is 11.8 Å². The van der Waals surface area contributed by atoms with Gasteiger partial charge in [0.1, 0.15) is 17.2 Å². The molecule has 9 heteroatoms. The Balaban J connectivity index is 1.79. The number of amides is 2. The number of fused-ring (bicyclic) bond motifs is 1. The topological polar surface area (TPSA) is 116 Å². The zero-order chi connectivity index (χ0) is 19.3. The first-order valence-electron chi connectivity index (χ1n) is 8.00. The summed E-state index contributed by atoms with van der Waals surface area (Å²) in [6.07, 6.45) is -0.0457. The fourth-order valence-corrected chi connectivity index (χ4v) is 5.16. The number of methoxy groups -OCH3 is 1.